The van der Waals surface area contributed by atoms with Gasteiger partial charge in [0, 0.05) is 17.0 Å². The second-order valence-electron chi connectivity index (χ2n) is 5.11. The molecule has 21 heavy (non-hydrogen) atoms. The fourth-order valence-electron chi connectivity index (χ4n) is 2.42. The van der Waals surface area contributed by atoms with Crippen molar-refractivity contribution in [2.45, 2.75) is 19.9 Å². The molecule has 1 aromatic heterocycles. The molecule has 0 aliphatic rings. The van der Waals surface area contributed by atoms with E-state index in [-0.39, 0.29) is 4.87 Å². The van der Waals surface area contributed by atoms with Gasteiger partial charge in [0.25, 0.3) is 0 Å². The first-order chi connectivity index (χ1) is 10.2. The van der Waals surface area contributed by atoms with E-state index < -0.39 is 0 Å². The van der Waals surface area contributed by atoms with E-state index in [0.29, 0.717) is 6.54 Å². The molecule has 0 aliphatic carbocycles. The minimum Gasteiger partial charge on any atom is -0.299 e. The summed E-state index contributed by atoms with van der Waals surface area (Å²) in [6, 6.07) is 20.4. The average Bonchev–Trinajstić information content (AvgIpc) is 2.77. The molecule has 3 heteroatoms. The van der Waals surface area contributed by atoms with Crippen LogP contribution in [-0.4, -0.2) is 4.57 Å². The first kappa shape index (κ1) is 13.8. The summed E-state index contributed by atoms with van der Waals surface area (Å²) in [5, 5.41) is 0. The smallest absolute Gasteiger partial charge is 0.299 e. The van der Waals surface area contributed by atoms with E-state index in [9.17, 15) is 4.79 Å². The zero-order valence-corrected chi connectivity index (χ0v) is 12.8. The van der Waals surface area contributed by atoms with E-state index in [1.165, 1.54) is 16.9 Å². The summed E-state index contributed by atoms with van der Waals surface area (Å²) < 4.78 is 1.87. The zero-order chi connectivity index (χ0) is 14.7. The van der Waals surface area contributed by atoms with E-state index in [0.717, 1.165) is 22.6 Å². The highest BCUT2D eigenvalue weighted by Gasteiger charge is 2.11. The summed E-state index contributed by atoms with van der Waals surface area (Å²) in [5.74, 6) is 0. The molecule has 0 spiro atoms. The van der Waals surface area contributed by atoms with Crippen molar-refractivity contribution < 1.29 is 0 Å². The van der Waals surface area contributed by atoms with Crippen molar-refractivity contribution in [3.8, 4) is 0 Å². The standard InChI is InChI=1S/C18H17NOS/c1-14-17(12-15-8-4-2-5-9-15)21-18(20)19(14)13-16-10-6-3-7-11-16/h2-11H,12-13H2,1H3. The number of aromatic nitrogens is 1. The monoisotopic (exact) mass is 295 g/mol. The molecule has 0 unspecified atom stereocenters. The molecule has 0 aliphatic heterocycles. The van der Waals surface area contributed by atoms with Gasteiger partial charge >= 0.3 is 4.87 Å². The van der Waals surface area contributed by atoms with Gasteiger partial charge in [-0.2, -0.15) is 0 Å². The minimum atomic E-state index is 0.127. The maximum atomic E-state index is 12.2. The third-order valence-electron chi connectivity index (χ3n) is 3.63. The summed E-state index contributed by atoms with van der Waals surface area (Å²) >= 11 is 1.36. The van der Waals surface area contributed by atoms with Crippen molar-refractivity contribution in [3.05, 3.63) is 92.0 Å². The van der Waals surface area contributed by atoms with Crippen LogP contribution in [0, 0.1) is 6.92 Å². The Hall–Kier alpha value is -2.13. The third kappa shape index (κ3) is 3.14. The van der Waals surface area contributed by atoms with Gasteiger partial charge in [-0.15, -0.1) is 0 Å². The SMILES string of the molecule is Cc1c(Cc2ccccc2)sc(=O)n1Cc1ccccc1. The minimum absolute atomic E-state index is 0.127. The molecule has 3 rings (SSSR count). The molecule has 0 saturated heterocycles. The summed E-state index contributed by atoms with van der Waals surface area (Å²) in [6.45, 7) is 2.69. The van der Waals surface area contributed by atoms with Crippen LogP contribution in [0.25, 0.3) is 0 Å². The summed E-state index contributed by atoms with van der Waals surface area (Å²) in [5.41, 5.74) is 3.48. The molecule has 0 atom stereocenters. The fraction of sp³-hybridized carbons (Fsp3) is 0.167. The number of nitrogens with zero attached hydrogens (tertiary/aromatic N) is 1. The van der Waals surface area contributed by atoms with Gasteiger partial charge in [0.1, 0.15) is 0 Å². The lowest BCUT2D eigenvalue weighted by molar-refractivity contribution is 0.749. The van der Waals surface area contributed by atoms with Gasteiger partial charge in [0.15, 0.2) is 0 Å². The lowest BCUT2D eigenvalue weighted by Crippen LogP contribution is -2.15. The van der Waals surface area contributed by atoms with Crippen LogP contribution in [0.3, 0.4) is 0 Å². The van der Waals surface area contributed by atoms with Crippen LogP contribution >= 0.6 is 11.3 Å². The highest BCUT2D eigenvalue weighted by molar-refractivity contribution is 7.09. The van der Waals surface area contributed by atoms with E-state index in [1.54, 1.807) is 0 Å². The van der Waals surface area contributed by atoms with E-state index in [2.05, 4.69) is 24.3 Å². The number of thiazole rings is 1. The molecule has 0 fully saturated rings. The number of hydrogen-bond donors (Lipinski definition) is 0. The quantitative estimate of drug-likeness (QED) is 0.716. The molecule has 0 radical (unpaired) electrons. The fourth-order valence-corrected chi connectivity index (χ4v) is 3.44. The molecule has 0 bridgehead atoms. The van der Waals surface area contributed by atoms with E-state index >= 15 is 0 Å². The van der Waals surface area contributed by atoms with Crippen molar-refractivity contribution in [2.75, 3.05) is 0 Å². The Morgan fingerprint density at radius 1 is 0.905 bits per heavy atom. The normalized spacial score (nSPS) is 10.7. The largest absolute Gasteiger partial charge is 0.307 e. The van der Waals surface area contributed by atoms with Crippen molar-refractivity contribution in [1.82, 2.24) is 4.57 Å². The van der Waals surface area contributed by atoms with Crippen LogP contribution in [0.1, 0.15) is 21.7 Å². The van der Waals surface area contributed by atoms with Crippen LogP contribution in [-0.2, 0) is 13.0 Å². The van der Waals surface area contributed by atoms with Crippen LogP contribution in [0.5, 0.6) is 0 Å². The molecule has 0 N–H and O–H groups in total. The number of hydrogen-bond acceptors (Lipinski definition) is 2. The van der Waals surface area contributed by atoms with Crippen LogP contribution in [0.4, 0.5) is 0 Å². The second kappa shape index (κ2) is 6.10. The second-order valence-corrected chi connectivity index (χ2v) is 6.16. The van der Waals surface area contributed by atoms with Gasteiger partial charge in [0.2, 0.25) is 0 Å². The van der Waals surface area contributed by atoms with Crippen LogP contribution < -0.4 is 4.87 Å². The average molecular weight is 295 g/mol. The predicted molar refractivity (Wildman–Crippen MR) is 88.1 cm³/mol. The summed E-state index contributed by atoms with van der Waals surface area (Å²) in [6.07, 6.45) is 0.828. The molecule has 3 aromatic rings. The predicted octanol–water partition coefficient (Wildman–Crippen LogP) is 3.86. The Kier molecular flexibility index (Phi) is 4.02. The van der Waals surface area contributed by atoms with Crippen LogP contribution in [0.15, 0.2) is 65.5 Å². The Labute approximate surface area is 128 Å². The van der Waals surface area contributed by atoms with Gasteiger partial charge in [0.05, 0.1) is 6.54 Å². The first-order valence-electron chi connectivity index (χ1n) is 7.01. The Morgan fingerprint density at radius 2 is 1.48 bits per heavy atom. The molecular formula is C18H17NOS. The maximum absolute atomic E-state index is 12.2. The topological polar surface area (TPSA) is 22.0 Å². The Morgan fingerprint density at radius 3 is 2.10 bits per heavy atom. The third-order valence-corrected chi connectivity index (χ3v) is 4.71. The zero-order valence-electron chi connectivity index (χ0n) is 12.0. The number of benzene rings is 2. The van der Waals surface area contributed by atoms with Gasteiger partial charge in [-0.1, -0.05) is 72.0 Å². The lowest BCUT2D eigenvalue weighted by Gasteiger charge is -2.06. The summed E-state index contributed by atoms with van der Waals surface area (Å²) in [4.78, 5) is 13.5. The molecular weight excluding hydrogens is 278 g/mol. The lowest BCUT2D eigenvalue weighted by atomic mass is 10.1. The van der Waals surface area contributed by atoms with Gasteiger partial charge in [-0.3, -0.25) is 9.36 Å². The first-order valence-corrected chi connectivity index (χ1v) is 7.82. The molecule has 106 valence electrons. The highest BCUT2D eigenvalue weighted by Crippen LogP contribution is 2.18. The summed E-state index contributed by atoms with van der Waals surface area (Å²) in [7, 11) is 0. The van der Waals surface area contributed by atoms with Gasteiger partial charge < -0.3 is 0 Å². The molecule has 2 aromatic carbocycles. The van der Waals surface area contributed by atoms with E-state index in [4.69, 9.17) is 0 Å². The van der Waals surface area contributed by atoms with Gasteiger partial charge in [-0.05, 0) is 18.1 Å². The highest BCUT2D eigenvalue weighted by atomic mass is 32.1. The molecule has 0 saturated carbocycles. The molecule has 0 amide bonds. The van der Waals surface area contributed by atoms with Crippen molar-refractivity contribution in [2.24, 2.45) is 0 Å². The van der Waals surface area contributed by atoms with Crippen molar-refractivity contribution >= 4 is 11.3 Å². The van der Waals surface area contributed by atoms with E-state index in [1.807, 2.05) is 47.9 Å². The van der Waals surface area contributed by atoms with Crippen LogP contribution in [0.2, 0.25) is 0 Å². The Bertz CT molecular complexity index is 772. The van der Waals surface area contributed by atoms with Crippen molar-refractivity contribution in [1.29, 1.82) is 0 Å². The van der Waals surface area contributed by atoms with Crippen molar-refractivity contribution in [3.63, 3.8) is 0 Å². The Balaban J connectivity index is 1.88. The van der Waals surface area contributed by atoms with Gasteiger partial charge in [-0.25, -0.2) is 0 Å². The molecule has 1 heterocycles. The number of rotatable bonds is 4. The maximum Gasteiger partial charge on any atom is 0.307 e. The molecule has 2 nitrogen and oxygen atoms in total.